The highest BCUT2D eigenvalue weighted by molar-refractivity contribution is 7.90. The molecule has 20 heteroatoms. The average molecular weight is 743 g/mol. The number of nitrogens with zero attached hydrogens (tertiary/aromatic N) is 6. The molecule has 0 fully saturated rings. The molecule has 0 N–H and O–H groups in total. The highest BCUT2D eigenvalue weighted by Gasteiger charge is 2.52. The number of hydrogen-bond donors (Lipinski definition) is 0. The molecule has 0 saturated heterocycles. The molecule has 3 aromatic rings. The molecule has 0 saturated carbocycles. The van der Waals surface area contributed by atoms with Gasteiger partial charge in [-0.25, -0.2) is 26.9 Å². The molecule has 16 nitrogen and oxygen atoms in total. The molecule has 272 valence electrons. The number of nitro benzene ring substituents is 1. The Labute approximate surface area is 286 Å². The lowest BCUT2D eigenvalue weighted by Crippen LogP contribution is -2.30. The monoisotopic (exact) mass is 742 g/mol. The molecule has 0 atom stereocenters. The number of esters is 1. The zero-order valence-electron chi connectivity index (χ0n) is 28.4. The number of aliphatic imine (C=N–C) groups is 1. The third-order valence-corrected chi connectivity index (χ3v) is 10.5. The number of nitro groups is 1. The molecule has 0 unspecified atom stereocenters. The van der Waals surface area contributed by atoms with Crippen LogP contribution in [-0.2, 0) is 39.9 Å². The smallest absolute Gasteiger partial charge is 0.399 e. The predicted octanol–water partition coefficient (Wildman–Crippen LogP) is 5.10. The van der Waals surface area contributed by atoms with Gasteiger partial charge in [0.1, 0.15) is 11.0 Å². The summed E-state index contributed by atoms with van der Waals surface area (Å²) in [5, 5.41) is 11.2. The molecule has 0 aliphatic heterocycles. The van der Waals surface area contributed by atoms with E-state index < -0.39 is 80.8 Å². The van der Waals surface area contributed by atoms with Crippen molar-refractivity contribution < 1.29 is 45.3 Å². The van der Waals surface area contributed by atoms with Gasteiger partial charge >= 0.3 is 19.2 Å². The Bertz CT molecular complexity index is 2050. The van der Waals surface area contributed by atoms with Crippen molar-refractivity contribution >= 4 is 52.6 Å². The quantitative estimate of drug-likeness (QED) is 0.0404. The van der Waals surface area contributed by atoms with Crippen LogP contribution in [0.1, 0.15) is 53.0 Å². The fraction of sp³-hybridized carbons (Fsp3) is 0.467. The van der Waals surface area contributed by atoms with Crippen LogP contribution in [0.3, 0.4) is 0 Å². The van der Waals surface area contributed by atoms with E-state index in [0.29, 0.717) is 3.97 Å². The van der Waals surface area contributed by atoms with Gasteiger partial charge in [-0.1, -0.05) is 11.8 Å². The summed E-state index contributed by atoms with van der Waals surface area (Å²) >= 11 is 0. The maximum absolute atomic E-state index is 14.9. The van der Waals surface area contributed by atoms with E-state index in [2.05, 4.69) is 21.8 Å². The molecule has 0 spiro atoms. The first kappa shape index (κ1) is 39.9. The number of halogens is 2. The Hall–Kier alpha value is -4.50. The first-order chi connectivity index (χ1) is 23.2. The van der Waals surface area contributed by atoms with Gasteiger partial charge in [0.15, 0.2) is 6.73 Å². The fourth-order valence-corrected chi connectivity index (χ4v) is 6.97. The summed E-state index contributed by atoms with van der Waals surface area (Å²) in [6.07, 6.45) is 0.610. The lowest BCUT2D eigenvalue weighted by molar-refractivity contribution is -0.384. The molecule has 1 aromatic carbocycles. The average Bonchev–Trinajstić information content (AvgIpc) is 3.40. The second kappa shape index (κ2) is 15.6. The summed E-state index contributed by atoms with van der Waals surface area (Å²) in [5.74, 6) is 4.04. The number of aromatic nitrogens is 3. The van der Waals surface area contributed by atoms with Crippen molar-refractivity contribution in [3.8, 4) is 11.8 Å². The number of carbonyl (C=O) groups excluding carboxylic acids is 1. The lowest BCUT2D eigenvalue weighted by Gasteiger charge is -2.25. The number of alkyl halides is 2. The van der Waals surface area contributed by atoms with E-state index in [0.717, 1.165) is 35.0 Å². The molecule has 0 radical (unpaired) electrons. The third kappa shape index (κ3) is 8.80. The van der Waals surface area contributed by atoms with E-state index in [9.17, 15) is 41.5 Å². The fourth-order valence-electron chi connectivity index (χ4n) is 4.09. The number of non-ortho nitro benzene ring substituents is 1. The molecule has 2 aromatic heterocycles. The minimum Gasteiger partial charge on any atom is -0.443 e. The topological polar surface area (TPSA) is 195 Å². The van der Waals surface area contributed by atoms with Gasteiger partial charge in [-0.2, -0.15) is 8.78 Å². The molecular weight excluding hydrogens is 705 g/mol. The molecule has 0 amide bonds. The van der Waals surface area contributed by atoms with Gasteiger partial charge in [-0.3, -0.25) is 24.3 Å². The van der Waals surface area contributed by atoms with E-state index in [4.69, 9.17) is 13.8 Å². The van der Waals surface area contributed by atoms with Crippen LogP contribution >= 0.6 is 7.60 Å². The highest BCUT2D eigenvalue weighted by atomic mass is 32.2. The van der Waals surface area contributed by atoms with Crippen molar-refractivity contribution in [1.29, 1.82) is 0 Å². The van der Waals surface area contributed by atoms with Gasteiger partial charge in [0.05, 0.1) is 40.3 Å². The molecular formula is C30H37F2N6O10PS. The van der Waals surface area contributed by atoms with Crippen LogP contribution in [0, 0.1) is 27.4 Å². The van der Waals surface area contributed by atoms with Crippen molar-refractivity contribution in [1.82, 2.24) is 18.4 Å². The normalized spacial score (nSPS) is 12.6. The summed E-state index contributed by atoms with van der Waals surface area (Å²) in [7, 11) is -6.26. The van der Waals surface area contributed by atoms with E-state index in [1.165, 1.54) is 25.1 Å². The summed E-state index contributed by atoms with van der Waals surface area (Å²) in [5.41, 5.74) is -7.34. The van der Waals surface area contributed by atoms with Gasteiger partial charge in [0.2, 0.25) is 5.95 Å². The van der Waals surface area contributed by atoms with Crippen LogP contribution in [0.25, 0.3) is 11.0 Å². The summed E-state index contributed by atoms with van der Waals surface area (Å²) < 4.78 is 86.6. The van der Waals surface area contributed by atoms with E-state index in [1.54, 1.807) is 34.9 Å². The van der Waals surface area contributed by atoms with Crippen LogP contribution in [-0.4, -0.2) is 77.0 Å². The van der Waals surface area contributed by atoms with Gasteiger partial charge in [0.25, 0.3) is 21.3 Å². The van der Waals surface area contributed by atoms with Crippen LogP contribution in [0.15, 0.2) is 45.1 Å². The van der Waals surface area contributed by atoms with Gasteiger partial charge in [-0.15, -0.1) is 0 Å². The molecule has 0 bridgehead atoms. The first-order valence-corrected chi connectivity index (χ1v) is 18.0. The highest BCUT2D eigenvalue weighted by Crippen LogP contribution is 2.63. The molecule has 50 heavy (non-hydrogen) atoms. The Balaban J connectivity index is 2.27. The van der Waals surface area contributed by atoms with E-state index in [1.807, 2.05) is 0 Å². The molecule has 0 aliphatic rings. The largest absolute Gasteiger partial charge is 0.443 e. The van der Waals surface area contributed by atoms with Crippen molar-refractivity contribution in [2.75, 3.05) is 27.3 Å². The van der Waals surface area contributed by atoms with Gasteiger partial charge in [-0.05, 0) is 46.8 Å². The zero-order valence-corrected chi connectivity index (χ0v) is 30.1. The molecule has 0 aliphatic carbocycles. The SMILES string of the molecule is CCOP(=O)(OCC)C(F)(F)CCC#Cc1cn(S(=O)(=O)c2ccc([N+](=O)[O-])cc2)c2c(=O)n(COC(=O)C(C)(C)C)c(/N=C/N(C)C)nc12. The van der Waals surface area contributed by atoms with Crippen molar-refractivity contribution in [2.45, 2.75) is 64.8 Å². The van der Waals surface area contributed by atoms with Crippen molar-refractivity contribution in [3.05, 3.63) is 56.5 Å². The Kier molecular flexibility index (Phi) is 12.4. The number of benzene rings is 1. The maximum Gasteiger partial charge on any atom is 0.399 e. The maximum atomic E-state index is 14.9. The molecule has 2 heterocycles. The van der Waals surface area contributed by atoms with E-state index >= 15 is 0 Å². The van der Waals surface area contributed by atoms with Gasteiger partial charge in [0, 0.05) is 45.3 Å². The van der Waals surface area contributed by atoms with Crippen molar-refractivity contribution in [3.63, 3.8) is 0 Å². The lowest BCUT2D eigenvalue weighted by atomic mass is 9.98. The number of fused-ring (bicyclic) bond motifs is 1. The minimum atomic E-state index is -4.83. The van der Waals surface area contributed by atoms with Crippen LogP contribution in [0.4, 0.5) is 20.4 Å². The summed E-state index contributed by atoms with van der Waals surface area (Å²) in [6.45, 7) is 6.22. The number of carbonyl (C=O) groups is 1. The van der Waals surface area contributed by atoms with Crippen LogP contribution in [0.2, 0.25) is 0 Å². The second-order valence-corrected chi connectivity index (χ2v) is 15.7. The summed E-state index contributed by atoms with van der Waals surface area (Å²) in [4.78, 5) is 46.7. The second-order valence-electron chi connectivity index (χ2n) is 11.8. The summed E-state index contributed by atoms with van der Waals surface area (Å²) in [6, 6.07) is 3.85. The minimum absolute atomic E-state index is 0.191. The first-order valence-electron chi connectivity index (χ1n) is 15.0. The predicted molar refractivity (Wildman–Crippen MR) is 179 cm³/mol. The molecule has 3 rings (SSSR count). The number of ether oxygens (including phenoxy) is 1. The van der Waals surface area contributed by atoms with Gasteiger partial charge < -0.3 is 18.7 Å². The zero-order chi connectivity index (χ0) is 37.7. The Morgan fingerprint density at radius 3 is 2.28 bits per heavy atom. The Morgan fingerprint density at radius 2 is 1.76 bits per heavy atom. The number of hydrogen-bond acceptors (Lipinski definition) is 12. The van der Waals surface area contributed by atoms with Crippen LogP contribution < -0.4 is 5.56 Å². The third-order valence-electron chi connectivity index (χ3n) is 6.57. The van der Waals surface area contributed by atoms with E-state index in [-0.39, 0.29) is 30.2 Å². The Morgan fingerprint density at radius 1 is 1.16 bits per heavy atom. The number of rotatable bonds is 14. The van der Waals surface area contributed by atoms with Crippen LogP contribution in [0.5, 0.6) is 0 Å². The standard InChI is InChI=1S/C30H37F2N6O10PS/c1-8-47-49(43,48-9-2)30(31,32)17-11-10-12-21-18-37(50(44,45)23-15-13-22(14-16-23)38(41)42)25-24(21)34-28(33-19-35(6)7)36(26(25)39)20-46-27(40)29(3,4)5/h13-16,18-19H,8-9,11,17,20H2,1-7H3/b33-19+. The van der Waals surface area contributed by atoms with Crippen molar-refractivity contribution in [2.24, 2.45) is 10.4 Å².